The maximum atomic E-state index is 13.0. The first-order chi connectivity index (χ1) is 5.95. The summed E-state index contributed by atoms with van der Waals surface area (Å²) in [5.41, 5.74) is 0.465. The van der Waals surface area contributed by atoms with E-state index in [9.17, 15) is 9.18 Å². The van der Waals surface area contributed by atoms with Gasteiger partial charge in [0.05, 0.1) is 5.56 Å². The van der Waals surface area contributed by atoms with Crippen molar-refractivity contribution in [3.8, 4) is 0 Å². The molecule has 0 aromatic heterocycles. The Labute approximate surface area is 80.0 Å². The molecule has 13 heavy (non-hydrogen) atoms. The Kier molecular flexibility index (Phi) is 2.57. The van der Waals surface area contributed by atoms with E-state index in [-0.39, 0.29) is 16.1 Å². The summed E-state index contributed by atoms with van der Waals surface area (Å²) in [5, 5.41) is 8.91. The number of carboxylic acids is 1. The van der Waals surface area contributed by atoms with Crippen LogP contribution in [-0.2, 0) is 0 Å². The lowest BCUT2D eigenvalue weighted by Gasteiger charge is -2.07. The minimum Gasteiger partial charge on any atom is -0.478 e. The van der Waals surface area contributed by atoms with Crippen molar-refractivity contribution in [3.05, 3.63) is 33.6 Å². The Morgan fingerprint density at radius 1 is 1.46 bits per heavy atom. The molecule has 0 spiro atoms. The SMILES string of the molecule is Cc1c(F)cc(Cl)c(C)c1C(=O)O. The average molecular weight is 203 g/mol. The molecular formula is C9H8ClFO2. The molecule has 1 aromatic rings. The maximum Gasteiger partial charge on any atom is 0.336 e. The molecule has 0 saturated carbocycles. The van der Waals surface area contributed by atoms with Crippen molar-refractivity contribution in [1.29, 1.82) is 0 Å². The zero-order valence-electron chi connectivity index (χ0n) is 7.19. The normalized spacial score (nSPS) is 10.2. The van der Waals surface area contributed by atoms with Gasteiger partial charge in [0, 0.05) is 5.02 Å². The summed E-state index contributed by atoms with van der Waals surface area (Å²) in [6, 6.07) is 1.12. The van der Waals surface area contributed by atoms with Crippen molar-refractivity contribution in [3.63, 3.8) is 0 Å². The van der Waals surface area contributed by atoms with E-state index >= 15 is 0 Å². The quantitative estimate of drug-likeness (QED) is 0.761. The summed E-state index contributed by atoms with van der Waals surface area (Å²) in [6.07, 6.45) is 0. The van der Waals surface area contributed by atoms with Gasteiger partial charge >= 0.3 is 5.97 Å². The van der Waals surface area contributed by atoms with Crippen molar-refractivity contribution in [1.82, 2.24) is 0 Å². The number of rotatable bonds is 1. The average Bonchev–Trinajstić information content (AvgIpc) is 2.01. The zero-order chi connectivity index (χ0) is 10.2. The lowest BCUT2D eigenvalue weighted by atomic mass is 10.0. The van der Waals surface area contributed by atoms with Gasteiger partial charge in [0.1, 0.15) is 5.82 Å². The van der Waals surface area contributed by atoms with Gasteiger partial charge in [-0.25, -0.2) is 9.18 Å². The molecule has 70 valence electrons. The van der Waals surface area contributed by atoms with Crippen LogP contribution in [-0.4, -0.2) is 11.1 Å². The topological polar surface area (TPSA) is 37.3 Å². The summed E-state index contributed by atoms with van der Waals surface area (Å²) in [4.78, 5) is 10.7. The van der Waals surface area contributed by atoms with Crippen molar-refractivity contribution in [2.75, 3.05) is 0 Å². The molecule has 2 nitrogen and oxygen atoms in total. The van der Waals surface area contributed by atoms with Gasteiger partial charge in [-0.2, -0.15) is 0 Å². The number of hydrogen-bond acceptors (Lipinski definition) is 1. The van der Waals surface area contributed by atoms with Crippen LogP contribution in [0.25, 0.3) is 0 Å². The van der Waals surface area contributed by atoms with Crippen molar-refractivity contribution >= 4 is 17.6 Å². The first kappa shape index (κ1) is 9.99. The summed E-state index contributed by atoms with van der Waals surface area (Å²) in [7, 11) is 0. The minimum atomic E-state index is -1.16. The predicted octanol–water partition coefficient (Wildman–Crippen LogP) is 2.79. The fraction of sp³-hybridized carbons (Fsp3) is 0.222. The van der Waals surface area contributed by atoms with Crippen LogP contribution in [0, 0.1) is 19.7 Å². The van der Waals surface area contributed by atoms with E-state index in [0.717, 1.165) is 6.07 Å². The first-order valence-corrected chi connectivity index (χ1v) is 4.01. The standard InChI is InChI=1S/C9H8ClFO2/c1-4-6(10)3-7(11)5(2)8(4)9(12)13/h3H,1-2H3,(H,12,13). The summed E-state index contributed by atoms with van der Waals surface area (Å²) < 4.78 is 13.0. The van der Waals surface area contributed by atoms with Crippen LogP contribution in [0.1, 0.15) is 21.5 Å². The van der Waals surface area contributed by atoms with Crippen LogP contribution in [0.4, 0.5) is 4.39 Å². The van der Waals surface area contributed by atoms with E-state index in [1.165, 1.54) is 6.92 Å². The number of hydrogen-bond donors (Lipinski definition) is 1. The van der Waals surface area contributed by atoms with Crippen LogP contribution in [0.3, 0.4) is 0 Å². The third-order valence-electron chi connectivity index (χ3n) is 1.93. The highest BCUT2D eigenvalue weighted by Gasteiger charge is 2.16. The third kappa shape index (κ3) is 1.65. The fourth-order valence-electron chi connectivity index (χ4n) is 1.17. The molecule has 0 unspecified atom stereocenters. The molecule has 0 amide bonds. The number of benzene rings is 1. The largest absolute Gasteiger partial charge is 0.478 e. The van der Waals surface area contributed by atoms with E-state index in [0.29, 0.717) is 5.56 Å². The third-order valence-corrected chi connectivity index (χ3v) is 2.33. The van der Waals surface area contributed by atoms with E-state index < -0.39 is 11.8 Å². The van der Waals surface area contributed by atoms with Gasteiger partial charge in [-0.3, -0.25) is 0 Å². The van der Waals surface area contributed by atoms with Crippen molar-refractivity contribution < 1.29 is 14.3 Å². The number of carboxylic acid groups (broad SMARTS) is 1. The summed E-state index contributed by atoms with van der Waals surface area (Å²) in [6.45, 7) is 2.97. The second kappa shape index (κ2) is 3.34. The van der Waals surface area contributed by atoms with Gasteiger partial charge in [0.2, 0.25) is 0 Å². The highest BCUT2D eigenvalue weighted by atomic mass is 35.5. The fourth-order valence-corrected chi connectivity index (χ4v) is 1.36. The number of halogens is 2. The maximum absolute atomic E-state index is 13.0. The van der Waals surface area contributed by atoms with E-state index in [1.54, 1.807) is 6.92 Å². The second-order valence-electron chi connectivity index (χ2n) is 2.77. The van der Waals surface area contributed by atoms with Gasteiger partial charge in [-0.05, 0) is 31.0 Å². The zero-order valence-corrected chi connectivity index (χ0v) is 7.94. The monoisotopic (exact) mass is 202 g/mol. The molecule has 4 heteroatoms. The van der Waals surface area contributed by atoms with Crippen molar-refractivity contribution in [2.45, 2.75) is 13.8 Å². The Balaban J connectivity index is 3.56. The highest BCUT2D eigenvalue weighted by Crippen LogP contribution is 2.24. The van der Waals surface area contributed by atoms with Crippen molar-refractivity contribution in [2.24, 2.45) is 0 Å². The smallest absolute Gasteiger partial charge is 0.336 e. The van der Waals surface area contributed by atoms with Crippen LogP contribution in [0.5, 0.6) is 0 Å². The Morgan fingerprint density at radius 2 is 2.00 bits per heavy atom. The Bertz CT molecular complexity index is 348. The molecule has 0 fully saturated rings. The van der Waals surface area contributed by atoms with Crippen LogP contribution in [0.2, 0.25) is 5.02 Å². The van der Waals surface area contributed by atoms with E-state index in [1.807, 2.05) is 0 Å². The minimum absolute atomic E-state index is 0.0509. The van der Waals surface area contributed by atoms with Gasteiger partial charge in [0.25, 0.3) is 0 Å². The van der Waals surface area contributed by atoms with Crippen LogP contribution < -0.4 is 0 Å². The molecule has 0 bridgehead atoms. The molecule has 0 atom stereocenters. The first-order valence-electron chi connectivity index (χ1n) is 3.63. The van der Waals surface area contributed by atoms with Gasteiger partial charge in [0.15, 0.2) is 0 Å². The molecule has 0 aliphatic heterocycles. The molecule has 0 heterocycles. The second-order valence-corrected chi connectivity index (χ2v) is 3.18. The van der Waals surface area contributed by atoms with Gasteiger partial charge in [-0.15, -0.1) is 0 Å². The lowest BCUT2D eigenvalue weighted by Crippen LogP contribution is -2.05. The van der Waals surface area contributed by atoms with E-state index in [4.69, 9.17) is 16.7 Å². The summed E-state index contributed by atoms with van der Waals surface area (Å²) in [5.74, 6) is -1.75. The van der Waals surface area contributed by atoms with Gasteiger partial charge in [-0.1, -0.05) is 11.6 Å². The van der Waals surface area contributed by atoms with E-state index in [2.05, 4.69) is 0 Å². The molecule has 0 aliphatic carbocycles. The number of aromatic carboxylic acids is 1. The van der Waals surface area contributed by atoms with Crippen LogP contribution in [0.15, 0.2) is 6.07 Å². The molecular weight excluding hydrogens is 195 g/mol. The highest BCUT2D eigenvalue weighted by molar-refractivity contribution is 6.31. The molecule has 1 rings (SSSR count). The molecule has 0 saturated heterocycles. The molecule has 0 aliphatic rings. The molecule has 0 radical (unpaired) electrons. The summed E-state index contributed by atoms with van der Waals surface area (Å²) >= 11 is 5.63. The molecule has 1 N–H and O–H groups in total. The predicted molar refractivity (Wildman–Crippen MR) is 47.8 cm³/mol. The Morgan fingerprint density at radius 3 is 2.46 bits per heavy atom. The Hall–Kier alpha value is -1.09. The number of carbonyl (C=O) groups is 1. The van der Waals surface area contributed by atoms with Gasteiger partial charge < -0.3 is 5.11 Å². The molecule has 1 aromatic carbocycles. The van der Waals surface area contributed by atoms with Crippen LogP contribution >= 0.6 is 11.6 Å². The lowest BCUT2D eigenvalue weighted by molar-refractivity contribution is 0.0694.